The number of hydrogen-bond donors (Lipinski definition) is 1. The van der Waals surface area contributed by atoms with Crippen LogP contribution in [0.2, 0.25) is 0 Å². The Morgan fingerprint density at radius 2 is 2.00 bits per heavy atom. The van der Waals surface area contributed by atoms with E-state index in [1.165, 1.54) is 0 Å². The highest BCUT2D eigenvalue weighted by molar-refractivity contribution is 5.71. The van der Waals surface area contributed by atoms with E-state index in [2.05, 4.69) is 39.9 Å². The highest BCUT2D eigenvalue weighted by Crippen LogP contribution is 2.24. The Bertz CT molecular complexity index is 200. The molecular formula is C13H27NO2. The first-order valence-corrected chi connectivity index (χ1v) is 6.26. The van der Waals surface area contributed by atoms with E-state index in [1.54, 1.807) is 0 Å². The zero-order valence-corrected chi connectivity index (χ0v) is 11.4. The van der Waals surface area contributed by atoms with Gasteiger partial charge in [0.2, 0.25) is 0 Å². The highest BCUT2D eigenvalue weighted by atomic mass is 16.5. The fourth-order valence-corrected chi connectivity index (χ4v) is 1.07. The first-order valence-electron chi connectivity index (χ1n) is 6.26. The van der Waals surface area contributed by atoms with E-state index in [-0.39, 0.29) is 11.4 Å². The number of rotatable bonds is 8. The zero-order chi connectivity index (χ0) is 12.6. The van der Waals surface area contributed by atoms with E-state index in [0.29, 0.717) is 19.1 Å². The van der Waals surface area contributed by atoms with Gasteiger partial charge in [-0.1, -0.05) is 41.0 Å². The van der Waals surface area contributed by atoms with E-state index < -0.39 is 0 Å². The predicted molar refractivity (Wildman–Crippen MR) is 67.4 cm³/mol. The first kappa shape index (κ1) is 15.4. The molecule has 0 aromatic heterocycles. The maximum Gasteiger partial charge on any atom is 0.319 e. The van der Waals surface area contributed by atoms with Gasteiger partial charge in [-0.3, -0.25) is 4.79 Å². The highest BCUT2D eigenvalue weighted by Gasteiger charge is 2.21. The number of unbranched alkanes of at least 4 members (excludes halogenated alkanes) is 1. The second-order valence-electron chi connectivity index (χ2n) is 5.32. The molecule has 0 heterocycles. The van der Waals surface area contributed by atoms with Gasteiger partial charge in [0, 0.05) is 6.54 Å². The number of nitrogens with one attached hydrogen (secondary N) is 1. The second kappa shape index (κ2) is 7.66. The monoisotopic (exact) mass is 229 g/mol. The van der Waals surface area contributed by atoms with Crippen LogP contribution in [0.1, 0.15) is 47.5 Å². The summed E-state index contributed by atoms with van der Waals surface area (Å²) in [6.07, 6.45) is 2.00. The number of carbonyl (C=O) groups is 1. The van der Waals surface area contributed by atoms with Crippen LogP contribution >= 0.6 is 0 Å². The molecule has 0 saturated heterocycles. The molecule has 0 aromatic carbocycles. The van der Waals surface area contributed by atoms with Crippen LogP contribution in [0.3, 0.4) is 0 Å². The molecule has 0 bridgehead atoms. The largest absolute Gasteiger partial charge is 0.465 e. The van der Waals surface area contributed by atoms with Gasteiger partial charge in [-0.05, 0) is 17.8 Å². The Balaban J connectivity index is 3.61. The lowest BCUT2D eigenvalue weighted by atomic mass is 9.81. The Morgan fingerprint density at radius 3 is 2.50 bits per heavy atom. The fraction of sp³-hybridized carbons (Fsp3) is 0.923. The van der Waals surface area contributed by atoms with Gasteiger partial charge in [-0.15, -0.1) is 0 Å². The summed E-state index contributed by atoms with van der Waals surface area (Å²) in [5, 5.41) is 3.16. The van der Waals surface area contributed by atoms with Gasteiger partial charge in [0.15, 0.2) is 0 Å². The minimum absolute atomic E-state index is 0.145. The van der Waals surface area contributed by atoms with Crippen LogP contribution in [0.4, 0.5) is 0 Å². The van der Waals surface area contributed by atoms with Crippen molar-refractivity contribution in [2.45, 2.75) is 47.5 Å². The lowest BCUT2D eigenvalue weighted by Gasteiger charge is -2.29. The van der Waals surface area contributed by atoms with Gasteiger partial charge < -0.3 is 10.1 Å². The van der Waals surface area contributed by atoms with E-state index in [1.807, 2.05) is 0 Å². The number of esters is 1. The molecule has 3 nitrogen and oxygen atoms in total. The summed E-state index contributed by atoms with van der Waals surface area (Å²) >= 11 is 0. The summed E-state index contributed by atoms with van der Waals surface area (Å²) in [7, 11) is 0. The van der Waals surface area contributed by atoms with E-state index in [4.69, 9.17) is 4.74 Å². The van der Waals surface area contributed by atoms with Crippen LogP contribution in [-0.2, 0) is 9.53 Å². The molecule has 0 aromatic rings. The first-order chi connectivity index (χ1) is 7.40. The van der Waals surface area contributed by atoms with E-state index in [0.717, 1.165) is 19.4 Å². The van der Waals surface area contributed by atoms with Crippen LogP contribution in [-0.4, -0.2) is 25.7 Å². The zero-order valence-electron chi connectivity index (χ0n) is 11.4. The summed E-state index contributed by atoms with van der Waals surface area (Å²) in [6, 6.07) is 0. The van der Waals surface area contributed by atoms with Gasteiger partial charge in [-0.2, -0.15) is 0 Å². The molecule has 0 saturated carbocycles. The van der Waals surface area contributed by atoms with Crippen molar-refractivity contribution in [3.63, 3.8) is 0 Å². The Labute approximate surface area is 99.9 Å². The average Bonchev–Trinajstić information content (AvgIpc) is 2.17. The van der Waals surface area contributed by atoms with Crippen molar-refractivity contribution >= 4 is 5.97 Å². The minimum Gasteiger partial charge on any atom is -0.465 e. The molecule has 0 spiro atoms. The lowest BCUT2D eigenvalue weighted by Crippen LogP contribution is -2.36. The molecule has 1 N–H and O–H groups in total. The Kier molecular flexibility index (Phi) is 7.39. The molecule has 0 atom stereocenters. The summed E-state index contributed by atoms with van der Waals surface area (Å²) in [5.74, 6) is 0.448. The number of hydrogen-bond acceptors (Lipinski definition) is 3. The van der Waals surface area contributed by atoms with Crippen molar-refractivity contribution in [3.05, 3.63) is 0 Å². The molecule has 16 heavy (non-hydrogen) atoms. The Hall–Kier alpha value is -0.570. The molecule has 0 amide bonds. The van der Waals surface area contributed by atoms with Gasteiger partial charge in [-0.25, -0.2) is 0 Å². The summed E-state index contributed by atoms with van der Waals surface area (Å²) in [6.45, 7) is 12.6. The smallest absolute Gasteiger partial charge is 0.319 e. The van der Waals surface area contributed by atoms with E-state index >= 15 is 0 Å². The van der Waals surface area contributed by atoms with Crippen LogP contribution < -0.4 is 5.32 Å². The quantitative estimate of drug-likeness (QED) is 0.513. The van der Waals surface area contributed by atoms with Crippen molar-refractivity contribution < 1.29 is 9.53 Å². The van der Waals surface area contributed by atoms with Gasteiger partial charge in [0.05, 0.1) is 13.2 Å². The second-order valence-corrected chi connectivity index (χ2v) is 5.32. The molecule has 0 fully saturated rings. The summed E-state index contributed by atoms with van der Waals surface area (Å²) in [4.78, 5) is 11.3. The van der Waals surface area contributed by atoms with Crippen molar-refractivity contribution in [1.29, 1.82) is 0 Å². The minimum atomic E-state index is -0.145. The molecule has 0 radical (unpaired) electrons. The predicted octanol–water partition coefficient (Wildman–Crippen LogP) is 2.60. The average molecular weight is 229 g/mol. The van der Waals surface area contributed by atoms with Gasteiger partial charge in [0.1, 0.15) is 0 Å². The van der Waals surface area contributed by atoms with Crippen molar-refractivity contribution in [2.75, 3.05) is 19.7 Å². The number of ether oxygens (including phenoxy) is 1. The molecule has 0 aliphatic carbocycles. The maximum atomic E-state index is 11.3. The molecule has 3 heteroatoms. The van der Waals surface area contributed by atoms with Crippen molar-refractivity contribution in [1.82, 2.24) is 5.32 Å². The van der Waals surface area contributed by atoms with Crippen LogP contribution in [0.5, 0.6) is 0 Å². The lowest BCUT2D eigenvalue weighted by molar-refractivity contribution is -0.142. The van der Waals surface area contributed by atoms with Crippen LogP contribution in [0, 0.1) is 11.3 Å². The Morgan fingerprint density at radius 1 is 1.38 bits per heavy atom. The maximum absolute atomic E-state index is 11.3. The standard InChI is InChI=1S/C13H27NO2/c1-6-7-8-16-12(15)9-14-10-13(4,5)11(2)3/h11,14H,6-10H2,1-5H3. The third-order valence-electron chi connectivity index (χ3n) is 3.17. The van der Waals surface area contributed by atoms with Crippen molar-refractivity contribution in [3.8, 4) is 0 Å². The normalized spacial score (nSPS) is 11.9. The SMILES string of the molecule is CCCCOC(=O)CNCC(C)(C)C(C)C. The van der Waals surface area contributed by atoms with Crippen molar-refractivity contribution in [2.24, 2.45) is 11.3 Å². The molecule has 0 aliphatic heterocycles. The topological polar surface area (TPSA) is 38.3 Å². The van der Waals surface area contributed by atoms with Crippen LogP contribution in [0.25, 0.3) is 0 Å². The van der Waals surface area contributed by atoms with E-state index in [9.17, 15) is 4.79 Å². The summed E-state index contributed by atoms with van der Waals surface area (Å²) in [5.41, 5.74) is 0.212. The molecule has 96 valence electrons. The van der Waals surface area contributed by atoms with Crippen LogP contribution in [0.15, 0.2) is 0 Å². The van der Waals surface area contributed by atoms with Gasteiger partial charge in [0.25, 0.3) is 0 Å². The third-order valence-corrected chi connectivity index (χ3v) is 3.17. The third kappa shape index (κ3) is 6.83. The molecule has 0 unspecified atom stereocenters. The molecule has 0 aliphatic rings. The molecular weight excluding hydrogens is 202 g/mol. The summed E-state index contributed by atoms with van der Waals surface area (Å²) < 4.78 is 5.06. The fourth-order valence-electron chi connectivity index (χ4n) is 1.07. The van der Waals surface area contributed by atoms with Gasteiger partial charge >= 0.3 is 5.97 Å². The number of carbonyl (C=O) groups excluding carboxylic acids is 1. The molecule has 0 rings (SSSR count).